The number of nitrogens with zero attached hydrogens (tertiary/aromatic N) is 1. The van der Waals surface area contributed by atoms with Crippen molar-refractivity contribution in [3.05, 3.63) is 64.6 Å². The molecule has 1 heterocycles. The fourth-order valence-corrected chi connectivity index (χ4v) is 5.47. The first-order chi connectivity index (χ1) is 20.1. The van der Waals surface area contributed by atoms with Gasteiger partial charge in [-0.3, -0.25) is 4.79 Å². The summed E-state index contributed by atoms with van der Waals surface area (Å²) < 4.78 is 19.5. The second-order valence-corrected chi connectivity index (χ2v) is 11.7. The number of nitrogens with one attached hydrogen (secondary N) is 1. The van der Waals surface area contributed by atoms with E-state index in [0.717, 1.165) is 24.1 Å². The van der Waals surface area contributed by atoms with Crippen molar-refractivity contribution in [1.29, 1.82) is 0 Å². The van der Waals surface area contributed by atoms with E-state index in [1.54, 1.807) is 24.5 Å². The fourth-order valence-electron chi connectivity index (χ4n) is 4.80. The van der Waals surface area contributed by atoms with Gasteiger partial charge in [-0.2, -0.15) is 4.57 Å². The third kappa shape index (κ3) is 13.2. The molecule has 0 spiro atoms. The minimum Gasteiger partial charge on any atom is -1.00 e. The molecule has 0 fully saturated rings. The van der Waals surface area contributed by atoms with E-state index in [1.165, 1.54) is 69.2 Å². The molecule has 0 bridgehead atoms. The summed E-state index contributed by atoms with van der Waals surface area (Å²) in [5, 5.41) is 6.29. The maximum atomic E-state index is 12.8. The van der Waals surface area contributed by atoms with Crippen LogP contribution in [0.2, 0.25) is 0 Å². The van der Waals surface area contributed by atoms with E-state index in [2.05, 4.69) is 35.3 Å². The number of rotatable bonds is 21. The van der Waals surface area contributed by atoms with Crippen LogP contribution in [0, 0.1) is 6.92 Å². The Morgan fingerprint density at radius 3 is 2.17 bits per heavy atom. The van der Waals surface area contributed by atoms with Gasteiger partial charge in [-0.25, -0.2) is 0 Å². The molecule has 6 nitrogen and oxygen atoms in total. The van der Waals surface area contributed by atoms with Crippen molar-refractivity contribution < 1.29 is 40.6 Å². The summed E-state index contributed by atoms with van der Waals surface area (Å²) in [6.45, 7) is 5.56. The lowest BCUT2D eigenvalue weighted by Crippen LogP contribution is -3.00. The zero-order chi connectivity index (χ0) is 29.1. The summed E-state index contributed by atoms with van der Waals surface area (Å²) in [5.74, 6) is 1.62. The molecule has 2 aromatic carbocycles. The Morgan fingerprint density at radius 1 is 0.857 bits per heavy atom. The van der Waals surface area contributed by atoms with E-state index in [0.29, 0.717) is 30.4 Å². The van der Waals surface area contributed by atoms with E-state index in [1.807, 2.05) is 36.4 Å². The number of amides is 1. The van der Waals surface area contributed by atoms with E-state index in [4.69, 9.17) is 14.2 Å². The van der Waals surface area contributed by atoms with E-state index in [-0.39, 0.29) is 29.5 Å². The molecule has 3 aromatic rings. The maximum absolute atomic E-state index is 12.8. The number of benzene rings is 2. The van der Waals surface area contributed by atoms with E-state index < -0.39 is 0 Å². The molecule has 1 N–H and O–H groups in total. The summed E-state index contributed by atoms with van der Waals surface area (Å²) in [7, 11) is 1.63. The van der Waals surface area contributed by atoms with Gasteiger partial charge in [-0.1, -0.05) is 107 Å². The van der Waals surface area contributed by atoms with Gasteiger partial charge in [0.25, 0.3) is 5.91 Å². The van der Waals surface area contributed by atoms with Gasteiger partial charge >= 0.3 is 0 Å². The Balaban J connectivity index is 0.00000616. The highest BCUT2D eigenvalue weighted by atomic mass is 79.9. The minimum atomic E-state index is -0.216. The summed E-state index contributed by atoms with van der Waals surface area (Å²) in [5.41, 5.74) is 1.83. The quantitative estimate of drug-likeness (QED) is 0.121. The first kappa shape index (κ1) is 35.6. The van der Waals surface area contributed by atoms with Gasteiger partial charge in [0.05, 0.1) is 24.8 Å². The molecule has 3 rings (SSSR count). The lowest BCUT2D eigenvalue weighted by atomic mass is 10.1. The van der Waals surface area contributed by atoms with Crippen LogP contribution in [-0.4, -0.2) is 26.2 Å². The van der Waals surface area contributed by atoms with Crippen LogP contribution in [0.15, 0.2) is 54.0 Å². The van der Waals surface area contributed by atoms with Crippen LogP contribution in [0.25, 0.3) is 0 Å². The average Bonchev–Trinajstić information content (AvgIpc) is 3.39. The molecule has 8 heteroatoms. The maximum Gasteiger partial charge on any atom is 0.262 e. The summed E-state index contributed by atoms with van der Waals surface area (Å²) in [4.78, 5) is 12.8. The zero-order valence-corrected chi connectivity index (χ0v) is 28.1. The molecule has 0 aliphatic heterocycles. The van der Waals surface area contributed by atoms with Crippen molar-refractivity contribution in [2.75, 3.05) is 25.6 Å². The Bertz CT molecular complexity index is 1170. The zero-order valence-electron chi connectivity index (χ0n) is 25.7. The van der Waals surface area contributed by atoms with Crippen LogP contribution in [-0.2, 0) is 11.3 Å². The molecule has 0 saturated heterocycles. The monoisotopic (exact) mass is 660 g/mol. The molecule has 0 aliphatic carbocycles. The van der Waals surface area contributed by atoms with Crippen LogP contribution in [0.5, 0.6) is 17.2 Å². The highest BCUT2D eigenvalue weighted by Crippen LogP contribution is 2.32. The number of unbranched alkanes of at least 4 members (excludes halogenated alkanes) is 11. The van der Waals surface area contributed by atoms with Crippen molar-refractivity contribution in [2.45, 2.75) is 97.4 Å². The predicted molar refractivity (Wildman–Crippen MR) is 168 cm³/mol. The topological polar surface area (TPSA) is 60.7 Å². The number of thiazole rings is 1. The van der Waals surface area contributed by atoms with Crippen molar-refractivity contribution in [2.24, 2.45) is 0 Å². The molecular formula is C34H49BrN2O4S. The second-order valence-electron chi connectivity index (χ2n) is 10.6. The van der Waals surface area contributed by atoms with Crippen LogP contribution in [0.4, 0.5) is 5.69 Å². The molecule has 1 amide bonds. The van der Waals surface area contributed by atoms with Gasteiger partial charge < -0.3 is 36.5 Å². The molecule has 0 radical (unpaired) electrons. The SMILES string of the molecule is CCCCCCCCCCCCCCOc1cc(OC)ccc1OCC(=O)Nc1ccccc1C[n+]1ccsc1C.[Br-]. The first-order valence-electron chi connectivity index (χ1n) is 15.4. The Labute approximate surface area is 267 Å². The van der Waals surface area contributed by atoms with Crippen LogP contribution in [0.1, 0.15) is 94.5 Å². The van der Waals surface area contributed by atoms with Gasteiger partial charge in [-0.15, -0.1) is 0 Å². The van der Waals surface area contributed by atoms with E-state index in [9.17, 15) is 4.79 Å². The van der Waals surface area contributed by atoms with Crippen LogP contribution < -0.4 is 41.1 Å². The number of carbonyl (C=O) groups excluding carboxylic acids is 1. The molecule has 232 valence electrons. The third-order valence-electron chi connectivity index (χ3n) is 7.28. The molecule has 0 atom stereocenters. The van der Waals surface area contributed by atoms with Crippen molar-refractivity contribution in [3.63, 3.8) is 0 Å². The average molecular weight is 662 g/mol. The number of methoxy groups -OCH3 is 1. The molecule has 0 saturated carbocycles. The number of anilines is 1. The van der Waals surface area contributed by atoms with Gasteiger partial charge in [0.15, 0.2) is 30.8 Å². The minimum absolute atomic E-state index is 0. The number of aromatic nitrogens is 1. The number of halogens is 1. The van der Waals surface area contributed by atoms with Gasteiger partial charge in [0.2, 0.25) is 5.01 Å². The smallest absolute Gasteiger partial charge is 0.262 e. The lowest BCUT2D eigenvalue weighted by Gasteiger charge is -2.14. The van der Waals surface area contributed by atoms with Crippen LogP contribution in [0.3, 0.4) is 0 Å². The standard InChI is InChI=1S/C34H48N2O4S.BrH/c1-4-5-6-7-8-9-10-11-12-13-14-17-23-39-33-25-30(38-3)20-21-32(33)40-27-34(37)35-31-19-16-15-18-29(31)26-36-22-24-41-28(36)2;/h15-16,18-22,24-25H,4-14,17,23,26-27H2,1-3H3;1H. The fraction of sp³-hybridized carbons (Fsp3) is 0.529. The third-order valence-corrected chi connectivity index (χ3v) is 8.11. The van der Waals surface area contributed by atoms with Crippen molar-refractivity contribution in [1.82, 2.24) is 0 Å². The number of hydrogen-bond donors (Lipinski definition) is 1. The summed E-state index contributed by atoms with van der Waals surface area (Å²) in [6, 6.07) is 13.3. The first-order valence-corrected chi connectivity index (χ1v) is 16.2. The molecule has 0 unspecified atom stereocenters. The van der Waals surface area contributed by atoms with Crippen molar-refractivity contribution >= 4 is 22.9 Å². The Kier molecular flexibility index (Phi) is 17.9. The van der Waals surface area contributed by atoms with Gasteiger partial charge in [0, 0.05) is 18.6 Å². The van der Waals surface area contributed by atoms with Crippen LogP contribution >= 0.6 is 11.3 Å². The molecule has 1 aromatic heterocycles. The largest absolute Gasteiger partial charge is 1.00 e. The highest BCUT2D eigenvalue weighted by molar-refractivity contribution is 7.09. The Hall–Kier alpha value is -2.58. The number of aryl methyl sites for hydroxylation is 1. The van der Waals surface area contributed by atoms with Gasteiger partial charge in [-0.05, 0) is 24.6 Å². The highest BCUT2D eigenvalue weighted by Gasteiger charge is 2.15. The summed E-state index contributed by atoms with van der Waals surface area (Å²) in [6.07, 6.45) is 17.7. The summed E-state index contributed by atoms with van der Waals surface area (Å²) >= 11 is 1.70. The second kappa shape index (κ2) is 21.2. The number of para-hydroxylation sites is 1. The molecule has 42 heavy (non-hydrogen) atoms. The Morgan fingerprint density at radius 2 is 1.52 bits per heavy atom. The normalized spacial score (nSPS) is 10.6. The number of carbonyl (C=O) groups is 1. The molecule has 0 aliphatic rings. The van der Waals surface area contributed by atoms with Crippen molar-refractivity contribution in [3.8, 4) is 17.2 Å². The predicted octanol–water partition coefficient (Wildman–Crippen LogP) is 5.50. The van der Waals surface area contributed by atoms with Gasteiger partial charge in [0.1, 0.15) is 5.75 Å². The van der Waals surface area contributed by atoms with E-state index >= 15 is 0 Å². The number of ether oxygens (including phenoxy) is 3. The number of hydrogen-bond acceptors (Lipinski definition) is 5. The lowest BCUT2D eigenvalue weighted by molar-refractivity contribution is -0.689. The molecular weight excluding hydrogens is 612 g/mol.